The van der Waals surface area contributed by atoms with E-state index in [4.69, 9.17) is 5.73 Å². The summed E-state index contributed by atoms with van der Waals surface area (Å²) in [5.41, 5.74) is 5.10. The van der Waals surface area contributed by atoms with E-state index >= 15 is 0 Å². The van der Waals surface area contributed by atoms with Gasteiger partial charge in [-0.3, -0.25) is 0 Å². The molecule has 0 bridgehead atoms. The number of nitrogens with zero attached hydrogens (tertiary/aromatic N) is 2. The highest BCUT2D eigenvalue weighted by atomic mass is 19.2. The highest BCUT2D eigenvalue weighted by molar-refractivity contribution is 5.96. The Bertz CT molecular complexity index is 823. The highest BCUT2D eigenvalue weighted by Gasteiger charge is 2.21. The van der Waals surface area contributed by atoms with Crippen LogP contribution in [-0.2, 0) is 0 Å². The van der Waals surface area contributed by atoms with E-state index in [-0.39, 0.29) is 28.5 Å². The van der Waals surface area contributed by atoms with Crippen molar-refractivity contribution in [3.05, 3.63) is 41.5 Å². The molecule has 3 N–H and O–H groups in total. The van der Waals surface area contributed by atoms with Crippen LogP contribution < -0.4 is 11.1 Å². The number of fused-ring (bicyclic) bond motifs is 1. The average molecular weight is 298 g/mol. The molecule has 108 valence electrons. The minimum absolute atomic E-state index is 0.0308. The third kappa shape index (κ3) is 2.02. The zero-order valence-electron chi connectivity index (χ0n) is 10.1. The summed E-state index contributed by atoms with van der Waals surface area (Å²) in [7, 11) is 0. The molecule has 5 nitrogen and oxygen atoms in total. The molecule has 0 aliphatic carbocycles. The molecule has 0 atom stereocenters. The first kappa shape index (κ1) is 13.2. The van der Waals surface area contributed by atoms with Crippen LogP contribution in [0.4, 0.5) is 34.6 Å². The lowest BCUT2D eigenvalue weighted by atomic mass is 10.2. The Morgan fingerprint density at radius 2 is 1.57 bits per heavy atom. The molecule has 0 saturated heterocycles. The van der Waals surface area contributed by atoms with Gasteiger partial charge in [0.2, 0.25) is 0 Å². The van der Waals surface area contributed by atoms with Crippen LogP contribution in [-0.4, -0.2) is 10.3 Å². The van der Waals surface area contributed by atoms with E-state index in [1.807, 2.05) is 0 Å². The van der Waals surface area contributed by atoms with E-state index in [9.17, 15) is 17.6 Å². The number of halogens is 4. The molecular weight excluding hydrogens is 292 g/mol. The highest BCUT2D eigenvalue weighted by Crippen LogP contribution is 2.31. The molecule has 1 heterocycles. The summed E-state index contributed by atoms with van der Waals surface area (Å²) in [5.74, 6) is -6.17. The quantitative estimate of drug-likeness (QED) is 0.432. The summed E-state index contributed by atoms with van der Waals surface area (Å²) in [6.45, 7) is 0. The van der Waals surface area contributed by atoms with Crippen molar-refractivity contribution >= 4 is 28.1 Å². The van der Waals surface area contributed by atoms with Gasteiger partial charge in [-0.05, 0) is 22.4 Å². The second-order valence-electron chi connectivity index (χ2n) is 4.13. The zero-order chi connectivity index (χ0) is 15.1. The number of rotatable bonds is 2. The van der Waals surface area contributed by atoms with Gasteiger partial charge in [-0.2, -0.15) is 0 Å². The van der Waals surface area contributed by atoms with Gasteiger partial charge in [0.15, 0.2) is 34.3 Å². The molecule has 0 amide bonds. The standard InChI is InChI=1S/C12H6F4N4O/c13-4-3-5(14)9(16)12(8(4)15)18-7-2-1-6(17)10-11(7)20-21-19-10/h1-3,18H,17H2. The summed E-state index contributed by atoms with van der Waals surface area (Å²) in [6.07, 6.45) is 0. The van der Waals surface area contributed by atoms with Crippen molar-refractivity contribution in [2.45, 2.75) is 0 Å². The number of hydrogen-bond acceptors (Lipinski definition) is 5. The molecule has 0 fully saturated rings. The van der Waals surface area contributed by atoms with Gasteiger partial charge in [0.1, 0.15) is 5.69 Å². The van der Waals surface area contributed by atoms with E-state index in [2.05, 4.69) is 20.3 Å². The maximum absolute atomic E-state index is 13.6. The molecule has 0 aliphatic heterocycles. The van der Waals surface area contributed by atoms with Crippen LogP contribution in [0.1, 0.15) is 0 Å². The van der Waals surface area contributed by atoms with Crippen molar-refractivity contribution in [3.8, 4) is 0 Å². The Morgan fingerprint density at radius 1 is 0.952 bits per heavy atom. The number of benzene rings is 2. The molecule has 0 radical (unpaired) electrons. The summed E-state index contributed by atoms with van der Waals surface area (Å²) in [6, 6.07) is 2.82. The fourth-order valence-corrected chi connectivity index (χ4v) is 1.80. The van der Waals surface area contributed by atoms with Crippen molar-refractivity contribution < 1.29 is 22.2 Å². The fourth-order valence-electron chi connectivity index (χ4n) is 1.80. The van der Waals surface area contributed by atoms with Crippen molar-refractivity contribution in [2.24, 2.45) is 0 Å². The van der Waals surface area contributed by atoms with Crippen LogP contribution in [0.15, 0.2) is 22.8 Å². The Morgan fingerprint density at radius 3 is 2.24 bits per heavy atom. The molecule has 21 heavy (non-hydrogen) atoms. The second-order valence-corrected chi connectivity index (χ2v) is 4.13. The molecule has 0 aliphatic rings. The van der Waals surface area contributed by atoms with E-state index in [1.54, 1.807) is 0 Å². The van der Waals surface area contributed by atoms with Crippen LogP contribution in [0.2, 0.25) is 0 Å². The van der Waals surface area contributed by atoms with Crippen molar-refractivity contribution in [1.82, 2.24) is 10.3 Å². The summed E-state index contributed by atoms with van der Waals surface area (Å²) in [5, 5.41) is 9.26. The molecule has 0 unspecified atom stereocenters. The Kier molecular flexibility index (Phi) is 2.89. The van der Waals surface area contributed by atoms with Gasteiger partial charge in [0.05, 0.1) is 11.4 Å². The SMILES string of the molecule is Nc1ccc(Nc2c(F)c(F)cc(F)c2F)c2nonc12. The Balaban J connectivity index is 2.16. The lowest BCUT2D eigenvalue weighted by molar-refractivity contribution is 0.316. The van der Waals surface area contributed by atoms with Gasteiger partial charge in [0.25, 0.3) is 0 Å². The number of nitrogens with one attached hydrogen (secondary N) is 1. The smallest absolute Gasteiger partial charge is 0.185 e. The molecular formula is C12H6F4N4O. The van der Waals surface area contributed by atoms with Crippen molar-refractivity contribution in [2.75, 3.05) is 11.1 Å². The molecule has 0 saturated carbocycles. The van der Waals surface area contributed by atoms with Crippen LogP contribution >= 0.6 is 0 Å². The molecule has 3 rings (SSSR count). The molecule has 0 spiro atoms. The Labute approximate surface area is 114 Å². The van der Waals surface area contributed by atoms with E-state index in [1.165, 1.54) is 12.1 Å². The van der Waals surface area contributed by atoms with Gasteiger partial charge in [-0.1, -0.05) is 0 Å². The molecule has 1 aromatic heterocycles. The first-order chi connectivity index (χ1) is 9.99. The normalized spacial score (nSPS) is 11.0. The largest absolute Gasteiger partial charge is 0.397 e. The van der Waals surface area contributed by atoms with Gasteiger partial charge in [-0.25, -0.2) is 22.2 Å². The second kappa shape index (κ2) is 4.62. The summed E-state index contributed by atoms with van der Waals surface area (Å²) < 4.78 is 58.0. The van der Waals surface area contributed by atoms with Gasteiger partial charge >= 0.3 is 0 Å². The van der Waals surface area contributed by atoms with E-state index in [0.29, 0.717) is 0 Å². The third-order valence-corrected chi connectivity index (χ3v) is 2.82. The van der Waals surface area contributed by atoms with Crippen LogP contribution in [0.3, 0.4) is 0 Å². The predicted molar refractivity (Wildman–Crippen MR) is 65.8 cm³/mol. The van der Waals surface area contributed by atoms with E-state index < -0.39 is 29.0 Å². The van der Waals surface area contributed by atoms with E-state index in [0.717, 1.165) is 0 Å². The van der Waals surface area contributed by atoms with Gasteiger partial charge < -0.3 is 11.1 Å². The van der Waals surface area contributed by atoms with Gasteiger partial charge in [0, 0.05) is 6.07 Å². The van der Waals surface area contributed by atoms with Crippen LogP contribution in [0, 0.1) is 23.3 Å². The average Bonchev–Trinajstić information content (AvgIpc) is 2.94. The van der Waals surface area contributed by atoms with Gasteiger partial charge in [-0.15, -0.1) is 0 Å². The zero-order valence-corrected chi connectivity index (χ0v) is 10.1. The Hall–Kier alpha value is -2.84. The number of hydrogen-bond donors (Lipinski definition) is 2. The maximum Gasteiger partial charge on any atom is 0.185 e. The monoisotopic (exact) mass is 298 g/mol. The topological polar surface area (TPSA) is 77.0 Å². The van der Waals surface area contributed by atoms with Crippen molar-refractivity contribution in [1.29, 1.82) is 0 Å². The number of nitrogen functional groups attached to an aromatic ring is 1. The summed E-state index contributed by atoms with van der Waals surface area (Å²) >= 11 is 0. The maximum atomic E-state index is 13.6. The molecule has 3 aromatic rings. The number of aromatic nitrogens is 2. The lowest BCUT2D eigenvalue weighted by Gasteiger charge is -2.10. The number of nitrogens with two attached hydrogens (primary N) is 1. The number of anilines is 3. The minimum Gasteiger partial charge on any atom is -0.397 e. The van der Waals surface area contributed by atoms with Crippen LogP contribution in [0.5, 0.6) is 0 Å². The van der Waals surface area contributed by atoms with Crippen LogP contribution in [0.25, 0.3) is 11.0 Å². The minimum atomic E-state index is -1.56. The fraction of sp³-hybridized carbons (Fsp3) is 0. The first-order valence-electron chi connectivity index (χ1n) is 5.59. The third-order valence-electron chi connectivity index (χ3n) is 2.82. The first-order valence-corrected chi connectivity index (χ1v) is 5.59. The molecule has 9 heteroatoms. The predicted octanol–water partition coefficient (Wildman–Crippen LogP) is 3.11. The van der Waals surface area contributed by atoms with Crippen molar-refractivity contribution in [3.63, 3.8) is 0 Å². The molecule has 2 aromatic carbocycles. The summed E-state index contributed by atoms with van der Waals surface area (Å²) in [4.78, 5) is 0. The lowest BCUT2D eigenvalue weighted by Crippen LogP contribution is -2.03.